The van der Waals surface area contributed by atoms with E-state index in [2.05, 4.69) is 15.6 Å². The largest absolute Gasteiger partial charge is 0.450 e. The van der Waals surface area contributed by atoms with Gasteiger partial charge in [-0.3, -0.25) is 14.4 Å². The predicted molar refractivity (Wildman–Crippen MR) is 93.1 cm³/mol. The molecule has 0 aliphatic heterocycles. The summed E-state index contributed by atoms with van der Waals surface area (Å²) in [4.78, 5) is 39.3. The fourth-order valence-corrected chi connectivity index (χ4v) is 2.01. The zero-order valence-electron chi connectivity index (χ0n) is 14.2. The number of hydrogen-bond donors (Lipinski definition) is 2. The van der Waals surface area contributed by atoms with E-state index < -0.39 is 17.5 Å². The first-order chi connectivity index (χ1) is 11.8. The molecule has 0 aliphatic carbocycles. The van der Waals surface area contributed by atoms with Crippen molar-refractivity contribution in [3.63, 3.8) is 0 Å². The van der Waals surface area contributed by atoms with Gasteiger partial charge in [-0.2, -0.15) is 0 Å². The Hall–Kier alpha value is -3.22. The standard InChI is InChI=1S/C18H19N3O4/c1-12(22)25-18(2,3)17(24)20-14-9-10-15(19-11-14)21-16(23)13-7-5-4-6-8-13/h4-11H,1-3H3,(H,20,24)(H,19,21,23). The lowest BCUT2D eigenvalue weighted by atomic mass is 10.1. The van der Waals surface area contributed by atoms with Crippen LogP contribution in [0, 0.1) is 0 Å². The summed E-state index contributed by atoms with van der Waals surface area (Å²) in [5.41, 5.74) is -0.362. The van der Waals surface area contributed by atoms with Gasteiger partial charge < -0.3 is 15.4 Å². The summed E-state index contributed by atoms with van der Waals surface area (Å²) in [5.74, 6) is -0.949. The number of amides is 2. The second-order valence-corrected chi connectivity index (χ2v) is 5.81. The number of carbonyl (C=O) groups excluding carboxylic acids is 3. The first-order valence-electron chi connectivity index (χ1n) is 7.61. The third-order valence-electron chi connectivity index (χ3n) is 3.24. The smallest absolute Gasteiger partial charge is 0.303 e. The molecule has 0 radical (unpaired) electrons. The molecule has 0 fully saturated rings. The number of rotatable bonds is 5. The van der Waals surface area contributed by atoms with Crippen LogP contribution >= 0.6 is 0 Å². The van der Waals surface area contributed by atoms with Crippen molar-refractivity contribution in [1.29, 1.82) is 0 Å². The number of hydrogen-bond acceptors (Lipinski definition) is 5. The van der Waals surface area contributed by atoms with E-state index in [1.165, 1.54) is 27.0 Å². The highest BCUT2D eigenvalue weighted by atomic mass is 16.6. The number of nitrogens with zero attached hydrogens (tertiary/aromatic N) is 1. The first kappa shape index (κ1) is 18.1. The number of carbonyl (C=O) groups is 3. The van der Waals surface area contributed by atoms with Crippen molar-refractivity contribution in [2.75, 3.05) is 10.6 Å². The molecule has 2 aromatic rings. The number of nitrogens with one attached hydrogen (secondary N) is 2. The second-order valence-electron chi connectivity index (χ2n) is 5.81. The number of pyridine rings is 1. The van der Waals surface area contributed by atoms with Crippen LogP contribution in [0.15, 0.2) is 48.7 Å². The molecule has 0 atom stereocenters. The average molecular weight is 341 g/mol. The zero-order valence-corrected chi connectivity index (χ0v) is 14.2. The number of esters is 1. The van der Waals surface area contributed by atoms with Gasteiger partial charge in [-0.25, -0.2) is 4.98 Å². The Labute approximate surface area is 145 Å². The fraction of sp³-hybridized carbons (Fsp3) is 0.222. The minimum absolute atomic E-state index is 0.277. The molecular formula is C18H19N3O4. The second kappa shape index (κ2) is 7.57. The molecule has 25 heavy (non-hydrogen) atoms. The Bertz CT molecular complexity index is 771. The molecule has 1 aromatic heterocycles. The summed E-state index contributed by atoms with van der Waals surface area (Å²) in [6.07, 6.45) is 1.41. The summed E-state index contributed by atoms with van der Waals surface area (Å²) in [7, 11) is 0. The Balaban J connectivity index is 1.99. The van der Waals surface area contributed by atoms with Crippen LogP contribution in [-0.2, 0) is 14.3 Å². The molecule has 2 amide bonds. The lowest BCUT2D eigenvalue weighted by molar-refractivity contribution is -0.160. The number of ether oxygens (including phenoxy) is 1. The van der Waals surface area contributed by atoms with Crippen LogP contribution in [0.25, 0.3) is 0 Å². The van der Waals surface area contributed by atoms with Crippen molar-refractivity contribution in [3.8, 4) is 0 Å². The van der Waals surface area contributed by atoms with Gasteiger partial charge in [-0.15, -0.1) is 0 Å². The Morgan fingerprint density at radius 3 is 2.24 bits per heavy atom. The van der Waals surface area contributed by atoms with Crippen molar-refractivity contribution >= 4 is 29.3 Å². The predicted octanol–water partition coefficient (Wildman–Crippen LogP) is 2.61. The van der Waals surface area contributed by atoms with Crippen LogP contribution in [0.2, 0.25) is 0 Å². The molecule has 0 aliphatic rings. The van der Waals surface area contributed by atoms with Crippen molar-refractivity contribution < 1.29 is 19.1 Å². The van der Waals surface area contributed by atoms with Gasteiger partial charge in [-0.05, 0) is 38.1 Å². The maximum absolute atomic E-state index is 12.1. The van der Waals surface area contributed by atoms with E-state index >= 15 is 0 Å². The summed E-state index contributed by atoms with van der Waals surface area (Å²) in [6, 6.07) is 11.9. The quantitative estimate of drug-likeness (QED) is 0.815. The third kappa shape index (κ3) is 5.13. The molecular weight excluding hydrogens is 322 g/mol. The molecule has 7 heteroatoms. The number of anilines is 2. The van der Waals surface area contributed by atoms with Crippen molar-refractivity contribution in [3.05, 3.63) is 54.2 Å². The topological polar surface area (TPSA) is 97.4 Å². The van der Waals surface area contributed by atoms with Crippen LogP contribution in [-0.4, -0.2) is 28.4 Å². The van der Waals surface area contributed by atoms with Gasteiger partial charge >= 0.3 is 5.97 Å². The molecule has 2 N–H and O–H groups in total. The van der Waals surface area contributed by atoms with Gasteiger partial charge in [0.25, 0.3) is 11.8 Å². The molecule has 0 saturated heterocycles. The van der Waals surface area contributed by atoms with E-state index in [9.17, 15) is 14.4 Å². The van der Waals surface area contributed by atoms with E-state index in [-0.39, 0.29) is 5.91 Å². The van der Waals surface area contributed by atoms with E-state index in [1.54, 1.807) is 36.4 Å². The molecule has 7 nitrogen and oxygen atoms in total. The van der Waals surface area contributed by atoms with E-state index in [0.29, 0.717) is 17.1 Å². The van der Waals surface area contributed by atoms with Crippen molar-refractivity contribution in [1.82, 2.24) is 4.98 Å². The Morgan fingerprint density at radius 1 is 1.00 bits per heavy atom. The van der Waals surface area contributed by atoms with Crippen LogP contribution in [0.3, 0.4) is 0 Å². The molecule has 0 bridgehead atoms. The SMILES string of the molecule is CC(=O)OC(C)(C)C(=O)Nc1ccc(NC(=O)c2ccccc2)nc1. The molecule has 0 spiro atoms. The maximum Gasteiger partial charge on any atom is 0.303 e. The molecule has 1 heterocycles. The Morgan fingerprint density at radius 2 is 1.68 bits per heavy atom. The van der Waals surface area contributed by atoms with Gasteiger partial charge in [0.15, 0.2) is 5.60 Å². The lowest BCUT2D eigenvalue weighted by Crippen LogP contribution is -2.41. The number of aromatic nitrogens is 1. The van der Waals surface area contributed by atoms with E-state index in [1.807, 2.05) is 6.07 Å². The third-order valence-corrected chi connectivity index (χ3v) is 3.24. The first-order valence-corrected chi connectivity index (χ1v) is 7.61. The summed E-state index contributed by atoms with van der Waals surface area (Å²) >= 11 is 0. The highest BCUT2D eigenvalue weighted by Gasteiger charge is 2.31. The summed E-state index contributed by atoms with van der Waals surface area (Å²) in [6.45, 7) is 4.22. The van der Waals surface area contributed by atoms with E-state index in [4.69, 9.17) is 4.74 Å². The van der Waals surface area contributed by atoms with Crippen LogP contribution in [0.5, 0.6) is 0 Å². The molecule has 0 unspecified atom stereocenters. The molecule has 1 aromatic carbocycles. The van der Waals surface area contributed by atoms with Gasteiger partial charge in [0.2, 0.25) is 0 Å². The van der Waals surface area contributed by atoms with Gasteiger partial charge in [0.1, 0.15) is 5.82 Å². The minimum atomic E-state index is -1.30. The molecule has 130 valence electrons. The fourth-order valence-electron chi connectivity index (χ4n) is 2.01. The molecule has 0 saturated carbocycles. The monoisotopic (exact) mass is 341 g/mol. The van der Waals surface area contributed by atoms with Gasteiger partial charge in [0.05, 0.1) is 11.9 Å². The highest BCUT2D eigenvalue weighted by molar-refractivity contribution is 6.04. The zero-order chi connectivity index (χ0) is 18.4. The van der Waals surface area contributed by atoms with Crippen molar-refractivity contribution in [2.24, 2.45) is 0 Å². The molecule has 2 rings (SSSR count). The van der Waals surface area contributed by atoms with Crippen LogP contribution < -0.4 is 10.6 Å². The van der Waals surface area contributed by atoms with E-state index in [0.717, 1.165) is 0 Å². The normalized spacial score (nSPS) is 10.7. The maximum atomic E-state index is 12.1. The highest BCUT2D eigenvalue weighted by Crippen LogP contribution is 2.16. The number of benzene rings is 1. The van der Waals surface area contributed by atoms with Gasteiger partial charge in [-0.1, -0.05) is 18.2 Å². The summed E-state index contributed by atoms with van der Waals surface area (Å²) in [5, 5.41) is 5.27. The van der Waals surface area contributed by atoms with Crippen molar-refractivity contribution in [2.45, 2.75) is 26.4 Å². The van der Waals surface area contributed by atoms with Crippen LogP contribution in [0.4, 0.5) is 11.5 Å². The lowest BCUT2D eigenvalue weighted by Gasteiger charge is -2.23. The van der Waals surface area contributed by atoms with Crippen LogP contribution in [0.1, 0.15) is 31.1 Å². The van der Waals surface area contributed by atoms with Gasteiger partial charge in [0, 0.05) is 12.5 Å². The minimum Gasteiger partial charge on any atom is -0.450 e. The summed E-state index contributed by atoms with van der Waals surface area (Å²) < 4.78 is 4.97. The Kier molecular flexibility index (Phi) is 5.49. The average Bonchev–Trinajstić information content (AvgIpc) is 2.56.